The third-order valence-corrected chi connectivity index (χ3v) is 8.87. The zero-order valence-corrected chi connectivity index (χ0v) is 20.9. The van der Waals surface area contributed by atoms with Gasteiger partial charge in [-0.1, -0.05) is 42.1 Å². The van der Waals surface area contributed by atoms with E-state index in [0.29, 0.717) is 12.0 Å². The Balaban J connectivity index is 1.76. The van der Waals surface area contributed by atoms with Crippen molar-refractivity contribution >= 4 is 44.3 Å². The van der Waals surface area contributed by atoms with Gasteiger partial charge in [0, 0.05) is 25.6 Å². The monoisotopic (exact) mass is 509 g/mol. The van der Waals surface area contributed by atoms with Gasteiger partial charge in [0.2, 0.25) is 10.0 Å². The molecule has 9 heteroatoms. The third-order valence-electron chi connectivity index (χ3n) is 5.70. The normalized spacial score (nSPS) is 15.9. The molecule has 0 saturated heterocycles. The van der Waals surface area contributed by atoms with E-state index in [9.17, 15) is 23.1 Å². The topological polar surface area (TPSA) is 91.8 Å². The first-order chi connectivity index (χ1) is 15.7. The van der Waals surface area contributed by atoms with Gasteiger partial charge >= 0.3 is 0 Å². The Morgan fingerprint density at radius 2 is 1.88 bits per heavy atom. The number of rotatable bonds is 10. The lowest BCUT2D eigenvalue weighted by Gasteiger charge is -2.26. The maximum atomic E-state index is 13.2. The van der Waals surface area contributed by atoms with Gasteiger partial charge in [-0.25, -0.2) is 8.42 Å². The molecule has 0 spiro atoms. The number of sulfonamides is 1. The van der Waals surface area contributed by atoms with Gasteiger partial charge in [-0.15, -0.1) is 11.6 Å². The fraction of sp³-hybridized carbons (Fsp3) is 0.417. The van der Waals surface area contributed by atoms with Crippen molar-refractivity contribution in [1.82, 2.24) is 4.31 Å². The molecule has 0 heterocycles. The van der Waals surface area contributed by atoms with E-state index < -0.39 is 10.0 Å². The molecular weight excluding hydrogens is 482 g/mol. The van der Waals surface area contributed by atoms with Crippen LogP contribution in [0.15, 0.2) is 47.4 Å². The number of aliphatic hydroxyl groups is 1. The number of hydrogen-bond acceptors (Lipinski definition) is 6. The third kappa shape index (κ3) is 6.45. The van der Waals surface area contributed by atoms with Crippen molar-refractivity contribution in [2.45, 2.75) is 42.9 Å². The molecule has 0 fully saturated rings. The van der Waals surface area contributed by atoms with E-state index in [-0.39, 0.29) is 46.6 Å². The molecule has 1 aliphatic rings. The summed E-state index contributed by atoms with van der Waals surface area (Å²) in [5.74, 6) is -0.225. The number of carbonyl (C=O) groups excluding carboxylic acids is 2. The molecule has 0 bridgehead atoms. The lowest BCUT2D eigenvalue weighted by molar-refractivity contribution is -0.109. The highest BCUT2D eigenvalue weighted by Gasteiger charge is 2.26. The number of ketones is 1. The average Bonchev–Trinajstić information content (AvgIpc) is 2.80. The van der Waals surface area contributed by atoms with E-state index in [1.807, 2.05) is 12.1 Å². The van der Waals surface area contributed by atoms with E-state index >= 15 is 0 Å². The predicted molar refractivity (Wildman–Crippen MR) is 131 cm³/mol. The molecule has 3 rings (SSSR count). The molecule has 1 aliphatic carbocycles. The van der Waals surface area contributed by atoms with Gasteiger partial charge in [-0.2, -0.15) is 4.31 Å². The lowest BCUT2D eigenvalue weighted by Crippen LogP contribution is -2.35. The van der Waals surface area contributed by atoms with Crippen molar-refractivity contribution in [3.05, 3.63) is 64.7 Å². The number of hydrogen-bond donors (Lipinski definition) is 1. The Labute approximate surface area is 204 Å². The Bertz CT molecular complexity index is 1100. The number of carbonyl (C=O) groups is 2. The molecule has 178 valence electrons. The van der Waals surface area contributed by atoms with Crippen LogP contribution in [0, 0.1) is 0 Å². The molecule has 0 aliphatic heterocycles. The van der Waals surface area contributed by atoms with E-state index in [2.05, 4.69) is 6.07 Å². The maximum absolute atomic E-state index is 13.2. The van der Waals surface area contributed by atoms with E-state index in [0.717, 1.165) is 42.2 Å². The lowest BCUT2D eigenvalue weighted by atomic mass is 9.87. The summed E-state index contributed by atoms with van der Waals surface area (Å²) in [6.07, 6.45) is 3.41. The van der Waals surface area contributed by atoms with E-state index in [4.69, 9.17) is 11.6 Å². The molecule has 1 atom stereocenters. The largest absolute Gasteiger partial charge is 0.395 e. The predicted octanol–water partition coefficient (Wildman–Crippen LogP) is 3.99. The summed E-state index contributed by atoms with van der Waals surface area (Å²) in [7, 11) is -3.87. The molecule has 6 nitrogen and oxygen atoms in total. The Hall–Kier alpha value is -1.71. The summed E-state index contributed by atoms with van der Waals surface area (Å²) in [6, 6.07) is 11.7. The van der Waals surface area contributed by atoms with Gasteiger partial charge in [0.05, 0.1) is 22.6 Å². The van der Waals surface area contributed by atoms with Crippen molar-refractivity contribution in [3.63, 3.8) is 0 Å². The minimum Gasteiger partial charge on any atom is -0.395 e. The molecular formula is C24H28ClNO5S2. The quantitative estimate of drug-likeness (QED) is 0.384. The van der Waals surface area contributed by atoms with Crippen LogP contribution in [0.25, 0.3) is 0 Å². The van der Waals surface area contributed by atoms with Crippen LogP contribution in [-0.2, 0) is 27.7 Å². The summed E-state index contributed by atoms with van der Waals surface area (Å²) < 4.78 is 27.8. The fourth-order valence-electron chi connectivity index (χ4n) is 4.04. The second kappa shape index (κ2) is 11.6. The fourth-order valence-corrected chi connectivity index (χ4v) is 6.41. The number of alkyl halides is 1. The van der Waals surface area contributed by atoms with Crippen LogP contribution in [-0.4, -0.2) is 54.2 Å². The summed E-state index contributed by atoms with van der Waals surface area (Å²) in [6.45, 7) is 1.27. The van der Waals surface area contributed by atoms with Crippen molar-refractivity contribution in [2.75, 3.05) is 25.4 Å². The number of aryl methyl sites for hydroxylation is 1. The highest BCUT2D eigenvalue weighted by molar-refractivity contribution is 8.14. The van der Waals surface area contributed by atoms with E-state index in [1.54, 1.807) is 0 Å². The highest BCUT2D eigenvalue weighted by Crippen LogP contribution is 2.37. The highest BCUT2D eigenvalue weighted by atomic mass is 35.5. The number of nitrogens with zero attached hydrogens (tertiary/aromatic N) is 1. The molecule has 0 saturated carbocycles. The van der Waals surface area contributed by atoms with Crippen LogP contribution in [0.5, 0.6) is 0 Å². The standard InChI is InChI=1S/C24H28ClNO5S2/c1-17(28)32-16-23(29)18-8-10-21(11-9-18)33(30,31)26(14-15-27)13-12-20-5-2-4-19-6-3-7-22(25)24(19)20/h2,4-5,8-11,22,27H,3,6-7,12-16H2,1H3. The average molecular weight is 510 g/mol. The van der Waals surface area contributed by atoms with Gasteiger partial charge in [0.15, 0.2) is 10.9 Å². The second-order valence-corrected chi connectivity index (χ2v) is 11.6. The van der Waals surface area contributed by atoms with Crippen molar-refractivity contribution in [3.8, 4) is 0 Å². The van der Waals surface area contributed by atoms with Crippen molar-refractivity contribution < 1.29 is 23.1 Å². The van der Waals surface area contributed by atoms with Crippen molar-refractivity contribution in [1.29, 1.82) is 0 Å². The zero-order chi connectivity index (χ0) is 24.0. The summed E-state index contributed by atoms with van der Waals surface area (Å²) in [5.41, 5.74) is 3.71. The van der Waals surface area contributed by atoms with Gasteiger partial charge in [-0.3, -0.25) is 9.59 Å². The van der Waals surface area contributed by atoms with E-state index in [1.165, 1.54) is 41.1 Å². The van der Waals surface area contributed by atoms with Gasteiger partial charge < -0.3 is 5.11 Å². The van der Waals surface area contributed by atoms with Gasteiger partial charge in [-0.05, 0) is 54.5 Å². The number of halogens is 1. The van der Waals surface area contributed by atoms with Crippen molar-refractivity contribution in [2.24, 2.45) is 0 Å². The number of Topliss-reactive ketones (excluding diaryl/α,β-unsaturated/α-hetero) is 1. The number of fused-ring (bicyclic) bond motifs is 1. The zero-order valence-electron chi connectivity index (χ0n) is 18.5. The van der Waals surface area contributed by atoms with Crippen LogP contribution in [0.4, 0.5) is 0 Å². The molecule has 0 aromatic heterocycles. The SMILES string of the molecule is CC(=O)SCC(=O)c1ccc(S(=O)(=O)N(CCO)CCc2cccc3c2C(Cl)CCC3)cc1. The smallest absolute Gasteiger partial charge is 0.243 e. The molecule has 1 unspecified atom stereocenters. The molecule has 2 aromatic carbocycles. The van der Waals surface area contributed by atoms with Gasteiger partial charge in [0.25, 0.3) is 0 Å². The molecule has 0 radical (unpaired) electrons. The first-order valence-electron chi connectivity index (χ1n) is 10.9. The summed E-state index contributed by atoms with van der Waals surface area (Å²) in [5, 5.41) is 9.28. The number of thioether (sulfide) groups is 1. The summed E-state index contributed by atoms with van der Waals surface area (Å²) in [4.78, 5) is 23.3. The number of aliphatic hydroxyl groups excluding tert-OH is 1. The Morgan fingerprint density at radius 3 is 2.55 bits per heavy atom. The van der Waals surface area contributed by atoms with Crippen LogP contribution in [0.3, 0.4) is 0 Å². The maximum Gasteiger partial charge on any atom is 0.243 e. The van der Waals surface area contributed by atoms with Gasteiger partial charge in [0.1, 0.15) is 0 Å². The second-order valence-electron chi connectivity index (χ2n) is 7.96. The van der Waals surface area contributed by atoms with Crippen LogP contribution < -0.4 is 0 Å². The molecule has 2 aromatic rings. The first-order valence-corrected chi connectivity index (χ1v) is 13.7. The summed E-state index contributed by atoms with van der Waals surface area (Å²) >= 11 is 7.49. The van der Waals surface area contributed by atoms with Crippen LogP contribution in [0.1, 0.15) is 52.2 Å². The first kappa shape index (κ1) is 25.9. The minimum absolute atomic E-state index is 0.0149. The minimum atomic E-state index is -3.87. The molecule has 33 heavy (non-hydrogen) atoms. The molecule has 1 N–H and O–H groups in total. The Morgan fingerprint density at radius 1 is 1.15 bits per heavy atom. The van der Waals surface area contributed by atoms with Crippen LogP contribution in [0.2, 0.25) is 0 Å². The number of benzene rings is 2. The van der Waals surface area contributed by atoms with Crippen LogP contribution >= 0.6 is 23.4 Å². The molecule has 0 amide bonds. The Kier molecular flexibility index (Phi) is 9.12.